The third-order valence-electron chi connectivity index (χ3n) is 6.07. The summed E-state index contributed by atoms with van der Waals surface area (Å²) in [5.41, 5.74) is 0. The van der Waals surface area contributed by atoms with Gasteiger partial charge in [0.15, 0.2) is 0 Å². The second-order valence-corrected chi connectivity index (χ2v) is 8.01. The van der Waals surface area contributed by atoms with E-state index in [1.165, 1.54) is 25.8 Å². The Hall–Kier alpha value is -1.89. The van der Waals surface area contributed by atoms with Gasteiger partial charge in [-0.15, -0.1) is 0 Å². The molecule has 0 spiro atoms. The first kappa shape index (κ1) is 20.8. The van der Waals surface area contributed by atoms with Crippen LogP contribution < -0.4 is 15.5 Å². The molecule has 7 heteroatoms. The van der Waals surface area contributed by atoms with E-state index >= 15 is 0 Å². The van der Waals surface area contributed by atoms with Gasteiger partial charge in [-0.2, -0.15) is 0 Å². The average molecular weight is 389 g/mol. The Bertz CT molecular complexity index is 625. The third-order valence-corrected chi connectivity index (χ3v) is 6.07. The third kappa shape index (κ3) is 5.80. The molecule has 156 valence electrons. The van der Waals surface area contributed by atoms with E-state index in [9.17, 15) is 4.79 Å². The predicted molar refractivity (Wildman–Crippen MR) is 114 cm³/mol. The molecule has 0 unspecified atom stereocenters. The number of anilines is 2. The van der Waals surface area contributed by atoms with Crippen molar-refractivity contribution in [3.8, 4) is 0 Å². The van der Waals surface area contributed by atoms with Gasteiger partial charge in [-0.1, -0.05) is 6.92 Å². The maximum Gasteiger partial charge on any atom is 0.220 e. The molecule has 1 aromatic rings. The number of likely N-dealkylation sites (N-methyl/N-ethyl adjacent to an activating group) is 1. The fourth-order valence-electron chi connectivity index (χ4n) is 4.50. The normalized spacial score (nSPS) is 23.0. The van der Waals surface area contributed by atoms with Crippen LogP contribution in [0.5, 0.6) is 0 Å². The molecule has 1 aromatic heterocycles. The Labute approximate surface area is 169 Å². The van der Waals surface area contributed by atoms with Crippen LogP contribution in [0, 0.1) is 5.92 Å². The molecular weight excluding hydrogens is 352 g/mol. The maximum absolute atomic E-state index is 12.3. The highest BCUT2D eigenvalue weighted by molar-refractivity contribution is 5.75. The minimum atomic E-state index is 0.205. The van der Waals surface area contributed by atoms with E-state index < -0.39 is 0 Å². The molecule has 2 aliphatic heterocycles. The quantitative estimate of drug-likeness (QED) is 0.677. The van der Waals surface area contributed by atoms with Crippen LogP contribution in [0.1, 0.15) is 52.4 Å². The van der Waals surface area contributed by atoms with E-state index in [-0.39, 0.29) is 5.91 Å². The lowest BCUT2D eigenvalue weighted by atomic mass is 9.93. The molecule has 0 aliphatic carbocycles. The summed E-state index contributed by atoms with van der Waals surface area (Å²) in [6, 6.07) is 2.56. The predicted octanol–water partition coefficient (Wildman–Crippen LogP) is 2.51. The highest BCUT2D eigenvalue weighted by Gasteiger charge is 2.24. The zero-order chi connectivity index (χ0) is 19.8. The number of nitrogens with zero attached hydrogens (tertiary/aromatic N) is 4. The zero-order valence-electron chi connectivity index (χ0n) is 17.5. The number of nitrogens with one attached hydrogen (secondary N) is 2. The molecule has 2 aliphatic rings. The molecule has 3 heterocycles. The summed E-state index contributed by atoms with van der Waals surface area (Å²) in [5, 5.41) is 6.42. The van der Waals surface area contributed by atoms with Gasteiger partial charge in [0, 0.05) is 44.7 Å². The molecule has 2 fully saturated rings. The molecule has 3 rings (SSSR count). The van der Waals surface area contributed by atoms with Gasteiger partial charge >= 0.3 is 0 Å². The SMILES string of the molecule is CCNc1cc(N2CCC[C@H](CCC(=O)NC[C@@H]3CCCN3CC)C2)ncn1. The Morgan fingerprint density at radius 1 is 1.21 bits per heavy atom. The number of carbonyl (C=O) groups is 1. The number of piperidine rings is 1. The molecule has 0 aromatic carbocycles. The van der Waals surface area contributed by atoms with Crippen LogP contribution in [0.4, 0.5) is 11.6 Å². The summed E-state index contributed by atoms with van der Waals surface area (Å²) in [4.78, 5) is 25.9. The van der Waals surface area contributed by atoms with Crippen molar-refractivity contribution in [3.05, 3.63) is 12.4 Å². The Morgan fingerprint density at radius 3 is 2.89 bits per heavy atom. The van der Waals surface area contributed by atoms with Crippen LogP contribution in [-0.4, -0.2) is 66.1 Å². The van der Waals surface area contributed by atoms with Gasteiger partial charge in [-0.25, -0.2) is 9.97 Å². The van der Waals surface area contributed by atoms with Gasteiger partial charge in [0.1, 0.15) is 18.0 Å². The van der Waals surface area contributed by atoms with E-state index in [1.807, 2.05) is 6.07 Å². The van der Waals surface area contributed by atoms with Crippen LogP contribution in [0.15, 0.2) is 12.4 Å². The van der Waals surface area contributed by atoms with Crippen molar-refractivity contribution in [3.63, 3.8) is 0 Å². The van der Waals surface area contributed by atoms with Crippen molar-refractivity contribution in [1.82, 2.24) is 20.2 Å². The Morgan fingerprint density at radius 2 is 2.07 bits per heavy atom. The Balaban J connectivity index is 1.42. The van der Waals surface area contributed by atoms with Gasteiger partial charge in [0.05, 0.1) is 0 Å². The summed E-state index contributed by atoms with van der Waals surface area (Å²) < 4.78 is 0. The van der Waals surface area contributed by atoms with Gasteiger partial charge < -0.3 is 15.5 Å². The van der Waals surface area contributed by atoms with Gasteiger partial charge in [-0.3, -0.25) is 9.69 Å². The monoisotopic (exact) mass is 388 g/mol. The highest BCUT2D eigenvalue weighted by Crippen LogP contribution is 2.25. The Kier molecular flexibility index (Phi) is 7.89. The largest absolute Gasteiger partial charge is 0.370 e. The molecule has 1 amide bonds. The number of hydrogen-bond donors (Lipinski definition) is 2. The summed E-state index contributed by atoms with van der Waals surface area (Å²) in [6.07, 6.45) is 8.03. The molecule has 2 atom stereocenters. The molecule has 2 N–H and O–H groups in total. The average Bonchev–Trinajstić information content (AvgIpc) is 3.19. The second-order valence-electron chi connectivity index (χ2n) is 8.01. The summed E-state index contributed by atoms with van der Waals surface area (Å²) in [5.74, 6) is 2.62. The fourth-order valence-corrected chi connectivity index (χ4v) is 4.50. The first-order valence-corrected chi connectivity index (χ1v) is 11.0. The number of hydrogen-bond acceptors (Lipinski definition) is 6. The van der Waals surface area contributed by atoms with Crippen molar-refractivity contribution in [1.29, 1.82) is 0 Å². The van der Waals surface area contributed by atoms with Gasteiger partial charge in [0.2, 0.25) is 5.91 Å². The number of rotatable bonds is 9. The lowest BCUT2D eigenvalue weighted by Crippen LogP contribution is -2.40. The summed E-state index contributed by atoms with van der Waals surface area (Å²) in [6.45, 7) is 10.2. The van der Waals surface area contributed by atoms with Crippen molar-refractivity contribution < 1.29 is 4.79 Å². The second kappa shape index (κ2) is 10.6. The number of amides is 1. The van der Waals surface area contributed by atoms with Crippen LogP contribution in [0.25, 0.3) is 0 Å². The standard InChI is InChI=1S/C21H36N6O/c1-3-22-19-13-20(25-16-24-19)27-12-5-7-17(15-27)9-10-21(28)23-14-18-8-6-11-26(18)4-2/h13,16-18H,3-12,14-15H2,1-2H3,(H,23,28)(H,22,24,25)/t17-,18+/m1/s1. The van der Waals surface area contributed by atoms with Crippen molar-refractivity contribution in [2.24, 2.45) is 5.92 Å². The van der Waals surface area contributed by atoms with Crippen LogP contribution in [0.3, 0.4) is 0 Å². The van der Waals surface area contributed by atoms with Crippen LogP contribution in [-0.2, 0) is 4.79 Å². The molecular formula is C21H36N6O. The molecule has 2 saturated heterocycles. The first-order valence-electron chi connectivity index (χ1n) is 11.0. The first-order chi connectivity index (χ1) is 13.7. The van der Waals surface area contributed by atoms with E-state index in [0.29, 0.717) is 18.4 Å². The van der Waals surface area contributed by atoms with E-state index in [4.69, 9.17) is 0 Å². The van der Waals surface area contributed by atoms with Crippen LogP contribution >= 0.6 is 0 Å². The minimum Gasteiger partial charge on any atom is -0.370 e. The van der Waals surface area contributed by atoms with Crippen molar-refractivity contribution >= 4 is 17.5 Å². The van der Waals surface area contributed by atoms with Gasteiger partial charge in [0.25, 0.3) is 0 Å². The van der Waals surface area contributed by atoms with Crippen molar-refractivity contribution in [2.45, 2.75) is 58.4 Å². The number of aromatic nitrogens is 2. The van der Waals surface area contributed by atoms with Crippen molar-refractivity contribution in [2.75, 3.05) is 49.5 Å². The van der Waals surface area contributed by atoms with E-state index in [2.05, 4.69) is 44.2 Å². The van der Waals surface area contributed by atoms with Crippen LogP contribution in [0.2, 0.25) is 0 Å². The smallest absolute Gasteiger partial charge is 0.220 e. The fraction of sp³-hybridized carbons (Fsp3) is 0.762. The topological polar surface area (TPSA) is 73.4 Å². The van der Waals surface area contributed by atoms with Gasteiger partial charge in [-0.05, 0) is 58.0 Å². The zero-order valence-corrected chi connectivity index (χ0v) is 17.5. The molecule has 7 nitrogen and oxygen atoms in total. The molecule has 0 saturated carbocycles. The summed E-state index contributed by atoms with van der Waals surface area (Å²) >= 11 is 0. The number of carbonyl (C=O) groups excluding carboxylic acids is 1. The lowest BCUT2D eigenvalue weighted by Gasteiger charge is -2.33. The minimum absolute atomic E-state index is 0.205. The number of likely N-dealkylation sites (tertiary alicyclic amines) is 1. The molecule has 28 heavy (non-hydrogen) atoms. The molecule has 0 bridgehead atoms. The highest BCUT2D eigenvalue weighted by atomic mass is 16.1. The lowest BCUT2D eigenvalue weighted by molar-refractivity contribution is -0.121. The van der Waals surface area contributed by atoms with E-state index in [0.717, 1.165) is 57.2 Å². The molecule has 0 radical (unpaired) electrons. The summed E-state index contributed by atoms with van der Waals surface area (Å²) in [7, 11) is 0. The maximum atomic E-state index is 12.3. The van der Waals surface area contributed by atoms with E-state index in [1.54, 1.807) is 6.33 Å².